The zero-order valence-electron chi connectivity index (χ0n) is 11.5. The summed E-state index contributed by atoms with van der Waals surface area (Å²) in [5.41, 5.74) is 0.176. The predicted molar refractivity (Wildman–Crippen MR) is 79.2 cm³/mol. The molecule has 0 aliphatic carbocycles. The molecular weight excluding hydrogens is 266 g/mol. The Bertz CT molecular complexity index is 435. The van der Waals surface area contributed by atoms with Gasteiger partial charge in [-0.15, -0.1) is 0 Å². The first-order chi connectivity index (χ1) is 8.88. The van der Waals surface area contributed by atoms with Crippen molar-refractivity contribution < 1.29 is 8.78 Å². The van der Waals surface area contributed by atoms with Crippen molar-refractivity contribution in [3.8, 4) is 0 Å². The predicted octanol–water partition coefficient (Wildman–Crippen LogP) is 4.08. The Balaban J connectivity index is 2.46. The molecule has 0 aliphatic heterocycles. The summed E-state index contributed by atoms with van der Waals surface area (Å²) in [4.78, 5) is 0. The van der Waals surface area contributed by atoms with E-state index in [0.29, 0.717) is 11.0 Å². The molecule has 1 rings (SSSR count). The molecule has 0 saturated heterocycles. The summed E-state index contributed by atoms with van der Waals surface area (Å²) < 4.78 is 26.2. The minimum absolute atomic E-state index is 0.176. The molecule has 0 spiro atoms. The average molecular weight is 286 g/mol. The van der Waals surface area contributed by atoms with Crippen molar-refractivity contribution in [2.45, 2.75) is 39.7 Å². The Morgan fingerprint density at radius 3 is 2.47 bits per heavy atom. The van der Waals surface area contributed by atoms with Gasteiger partial charge in [0.25, 0.3) is 0 Å². The summed E-state index contributed by atoms with van der Waals surface area (Å²) >= 11 is 5.10. The van der Waals surface area contributed by atoms with Crippen molar-refractivity contribution in [2.75, 3.05) is 5.32 Å². The van der Waals surface area contributed by atoms with Crippen LogP contribution in [0.1, 0.15) is 33.6 Å². The van der Waals surface area contributed by atoms with Crippen LogP contribution in [-0.2, 0) is 0 Å². The van der Waals surface area contributed by atoms with Gasteiger partial charge in [-0.3, -0.25) is 0 Å². The quantitative estimate of drug-likeness (QED) is 0.798. The molecule has 19 heavy (non-hydrogen) atoms. The Labute approximate surface area is 118 Å². The number of hydrogen-bond donors (Lipinski definition) is 2. The van der Waals surface area contributed by atoms with E-state index in [1.807, 2.05) is 6.92 Å². The van der Waals surface area contributed by atoms with Gasteiger partial charge >= 0.3 is 0 Å². The normalized spacial score (nSPS) is 12.3. The van der Waals surface area contributed by atoms with Gasteiger partial charge in [0, 0.05) is 12.1 Å². The first-order valence-electron chi connectivity index (χ1n) is 6.41. The van der Waals surface area contributed by atoms with Crippen molar-refractivity contribution in [2.24, 2.45) is 5.92 Å². The van der Waals surface area contributed by atoms with E-state index in [-0.39, 0.29) is 11.7 Å². The van der Waals surface area contributed by atoms with E-state index in [1.54, 1.807) is 0 Å². The molecular formula is C14H20F2N2S. The van der Waals surface area contributed by atoms with Crippen molar-refractivity contribution in [1.29, 1.82) is 0 Å². The molecule has 0 unspecified atom stereocenters. The molecule has 1 aromatic carbocycles. The fraction of sp³-hybridized carbons (Fsp3) is 0.500. The topological polar surface area (TPSA) is 24.1 Å². The number of halogens is 2. The number of benzene rings is 1. The van der Waals surface area contributed by atoms with Gasteiger partial charge in [-0.25, -0.2) is 8.78 Å². The van der Waals surface area contributed by atoms with Crippen LogP contribution in [0.4, 0.5) is 14.5 Å². The van der Waals surface area contributed by atoms with Crippen LogP contribution in [0.2, 0.25) is 0 Å². The van der Waals surface area contributed by atoms with Gasteiger partial charge in [-0.05, 0) is 50.0 Å². The third kappa shape index (κ3) is 5.96. The highest BCUT2D eigenvalue weighted by Gasteiger charge is 2.08. The van der Waals surface area contributed by atoms with Gasteiger partial charge in [0.2, 0.25) is 0 Å². The van der Waals surface area contributed by atoms with Crippen molar-refractivity contribution >= 4 is 23.0 Å². The van der Waals surface area contributed by atoms with E-state index < -0.39 is 11.6 Å². The summed E-state index contributed by atoms with van der Waals surface area (Å²) in [5, 5.41) is 6.17. The molecule has 0 saturated carbocycles. The molecule has 106 valence electrons. The SMILES string of the molecule is CC(C)CC[C@@H](C)NC(=S)Nc1ccc(F)cc1F. The largest absolute Gasteiger partial charge is 0.360 e. The highest BCUT2D eigenvalue weighted by molar-refractivity contribution is 7.80. The van der Waals surface area contributed by atoms with Gasteiger partial charge in [-0.2, -0.15) is 0 Å². The molecule has 1 atom stereocenters. The van der Waals surface area contributed by atoms with Crippen molar-refractivity contribution in [1.82, 2.24) is 5.32 Å². The van der Waals surface area contributed by atoms with Crippen LogP contribution in [0.15, 0.2) is 18.2 Å². The molecule has 0 aromatic heterocycles. The van der Waals surface area contributed by atoms with Gasteiger partial charge in [-0.1, -0.05) is 13.8 Å². The molecule has 0 radical (unpaired) electrons. The van der Waals surface area contributed by atoms with Crippen molar-refractivity contribution in [3.05, 3.63) is 29.8 Å². The zero-order valence-corrected chi connectivity index (χ0v) is 12.3. The van der Waals surface area contributed by atoms with Crippen LogP contribution >= 0.6 is 12.2 Å². The second-order valence-corrected chi connectivity index (χ2v) is 5.50. The summed E-state index contributed by atoms with van der Waals surface area (Å²) in [5.74, 6) is -0.619. The minimum Gasteiger partial charge on any atom is -0.360 e. The van der Waals surface area contributed by atoms with Crippen LogP contribution in [0, 0.1) is 17.6 Å². The Morgan fingerprint density at radius 2 is 1.89 bits per heavy atom. The first kappa shape index (κ1) is 15.8. The molecule has 0 amide bonds. The monoisotopic (exact) mass is 286 g/mol. The molecule has 0 aliphatic rings. The maximum absolute atomic E-state index is 13.4. The van der Waals surface area contributed by atoms with Gasteiger partial charge in [0.1, 0.15) is 11.6 Å². The van der Waals surface area contributed by atoms with Crippen molar-refractivity contribution in [3.63, 3.8) is 0 Å². The lowest BCUT2D eigenvalue weighted by molar-refractivity contribution is 0.494. The highest BCUT2D eigenvalue weighted by Crippen LogP contribution is 2.15. The number of nitrogens with one attached hydrogen (secondary N) is 2. The Kier molecular flexibility index (Phi) is 6.15. The van der Waals surface area contributed by atoms with E-state index >= 15 is 0 Å². The smallest absolute Gasteiger partial charge is 0.171 e. The average Bonchev–Trinajstić information content (AvgIpc) is 2.30. The lowest BCUT2D eigenvalue weighted by Crippen LogP contribution is -2.36. The Hall–Kier alpha value is -1.23. The summed E-state index contributed by atoms with van der Waals surface area (Å²) in [6.45, 7) is 6.35. The molecule has 0 bridgehead atoms. The van der Waals surface area contributed by atoms with Crippen LogP contribution in [0.3, 0.4) is 0 Å². The van der Waals surface area contributed by atoms with E-state index in [2.05, 4.69) is 24.5 Å². The van der Waals surface area contributed by atoms with E-state index in [1.165, 1.54) is 12.1 Å². The number of hydrogen-bond acceptors (Lipinski definition) is 1. The third-order valence-electron chi connectivity index (χ3n) is 2.73. The molecule has 0 heterocycles. The van der Waals surface area contributed by atoms with Gasteiger partial charge < -0.3 is 10.6 Å². The maximum atomic E-state index is 13.4. The molecule has 1 aromatic rings. The molecule has 2 N–H and O–H groups in total. The Morgan fingerprint density at radius 1 is 1.21 bits per heavy atom. The van der Waals surface area contributed by atoms with Crippen LogP contribution < -0.4 is 10.6 Å². The second-order valence-electron chi connectivity index (χ2n) is 5.09. The lowest BCUT2D eigenvalue weighted by Gasteiger charge is -2.18. The third-order valence-corrected chi connectivity index (χ3v) is 2.95. The molecule has 2 nitrogen and oxygen atoms in total. The summed E-state index contributed by atoms with van der Waals surface area (Å²) in [6.07, 6.45) is 2.09. The standard InChI is InChI=1S/C14H20F2N2S/c1-9(2)4-5-10(3)17-14(19)18-13-7-6-11(15)8-12(13)16/h6-10H,4-5H2,1-3H3,(H2,17,18,19)/t10-/m1/s1. The fourth-order valence-corrected chi connectivity index (χ4v) is 1.94. The van der Waals surface area contributed by atoms with Gasteiger partial charge in [0.05, 0.1) is 5.69 Å². The summed E-state index contributed by atoms with van der Waals surface area (Å²) in [7, 11) is 0. The van der Waals surface area contributed by atoms with E-state index in [9.17, 15) is 8.78 Å². The van der Waals surface area contributed by atoms with Crippen LogP contribution in [-0.4, -0.2) is 11.2 Å². The maximum Gasteiger partial charge on any atom is 0.171 e. The lowest BCUT2D eigenvalue weighted by atomic mass is 10.0. The highest BCUT2D eigenvalue weighted by atomic mass is 32.1. The summed E-state index contributed by atoms with van der Waals surface area (Å²) in [6, 6.07) is 3.56. The van der Waals surface area contributed by atoms with Crippen LogP contribution in [0.5, 0.6) is 0 Å². The number of rotatable bonds is 5. The molecule has 0 fully saturated rings. The molecule has 5 heteroatoms. The van der Waals surface area contributed by atoms with E-state index in [4.69, 9.17) is 12.2 Å². The van der Waals surface area contributed by atoms with Gasteiger partial charge in [0.15, 0.2) is 5.11 Å². The zero-order chi connectivity index (χ0) is 14.4. The fourth-order valence-electron chi connectivity index (χ4n) is 1.63. The van der Waals surface area contributed by atoms with E-state index in [0.717, 1.165) is 18.9 Å². The van der Waals surface area contributed by atoms with Crippen LogP contribution in [0.25, 0.3) is 0 Å². The second kappa shape index (κ2) is 7.38. The number of anilines is 1. The number of thiocarbonyl (C=S) groups is 1. The first-order valence-corrected chi connectivity index (χ1v) is 6.82. The minimum atomic E-state index is -0.654.